The van der Waals surface area contributed by atoms with Crippen LogP contribution in [-0.2, 0) is 0 Å². The molecule has 47 heavy (non-hydrogen) atoms. The molecule has 0 rings (SSSR count). The first-order valence-corrected chi connectivity index (χ1v) is 11.4. The summed E-state index contributed by atoms with van der Waals surface area (Å²) in [5, 5.41) is 0. The third kappa shape index (κ3) is 5.03. The van der Waals surface area contributed by atoms with Gasteiger partial charge in [-0.1, -0.05) is 0 Å². The Balaban J connectivity index is 9.17. The summed E-state index contributed by atoms with van der Waals surface area (Å²) >= 11 is 0. The molecule has 0 spiro atoms. The van der Waals surface area contributed by atoms with Gasteiger partial charge in [0.05, 0.1) is 4.59 Å². The van der Waals surface area contributed by atoms with Crippen molar-refractivity contribution in [1.82, 2.24) is 0 Å². The Kier molecular flexibility index (Phi) is 10.0. The Morgan fingerprint density at radius 1 is 0.255 bits per heavy atom. The molecule has 0 aromatic heterocycles. The lowest BCUT2D eigenvalue weighted by molar-refractivity contribution is -1.17. The summed E-state index contributed by atoms with van der Waals surface area (Å²) in [5.74, 6) is -49.2. The van der Waals surface area contributed by atoms with Gasteiger partial charge in [-0.3, -0.25) is 0 Å². The van der Waals surface area contributed by atoms with Crippen LogP contribution in [0.4, 0.5) is 141 Å². The predicted octanol–water partition coefficient (Wildman–Crippen LogP) is 10.1. The molecule has 0 saturated carbocycles. The Morgan fingerprint density at radius 3 is 0.702 bits per heavy atom. The zero-order valence-electron chi connectivity index (χ0n) is 19.5. The van der Waals surface area contributed by atoms with E-state index in [1.807, 2.05) is 0 Å². The van der Waals surface area contributed by atoms with Gasteiger partial charge in [0.25, 0.3) is 0 Å². The van der Waals surface area contributed by atoms with E-state index in [0.717, 1.165) is 0 Å². The predicted molar refractivity (Wildman–Crippen MR) is 77.0 cm³/mol. The van der Waals surface area contributed by atoms with Crippen LogP contribution in [0.25, 0.3) is 0 Å². The van der Waals surface area contributed by atoms with Gasteiger partial charge in [0.2, 0.25) is 0 Å². The van der Waals surface area contributed by atoms with Crippen LogP contribution < -0.4 is 0 Å². The van der Waals surface area contributed by atoms with E-state index >= 15 is 0 Å². The Bertz CT molecular complexity index is 1120. The average molecular weight is 806 g/mol. The molecule has 0 aromatic carbocycles. The van der Waals surface area contributed by atoms with Gasteiger partial charge in [0.15, 0.2) is 0 Å². The molecule has 0 aliphatic heterocycles. The fourth-order valence-electron chi connectivity index (χ4n) is 3.08. The molecule has 0 bridgehead atoms. The van der Waals surface area contributed by atoms with Crippen LogP contribution in [0.3, 0.4) is 0 Å². The van der Waals surface area contributed by atoms with Gasteiger partial charge in [-0.2, -0.15) is 123 Å². The van der Waals surface area contributed by atoms with Crippen molar-refractivity contribution in [2.75, 3.05) is 0 Å². The number of alkyl halides is 30. The van der Waals surface area contributed by atoms with E-state index in [4.69, 9.17) is 0 Å². The fourth-order valence-corrected chi connectivity index (χ4v) is 7.30. The number of halogens is 32. The van der Waals surface area contributed by atoms with E-state index in [1.165, 1.54) is 0 Å². The molecule has 0 amide bonds. The maximum absolute atomic E-state index is 14.6. The summed E-state index contributed by atoms with van der Waals surface area (Å²) in [4.78, 5) is 0. The highest BCUT2D eigenvalue weighted by Crippen LogP contribution is 2.71. The first kappa shape index (κ1) is 44.9. The van der Waals surface area contributed by atoms with Crippen molar-refractivity contribution in [3.05, 3.63) is 0 Å². The van der Waals surface area contributed by atoms with E-state index in [1.54, 1.807) is 0 Å². The molecule has 0 unspecified atom stereocenters. The maximum atomic E-state index is 14.6. The van der Waals surface area contributed by atoms with Gasteiger partial charge in [-0.25, -0.2) is 0 Å². The standard InChI is InChI=1S/C13F32NSi/c14-1(15,3(18,19)6(24,25)26)2(16,17)4(20,21)10(36,37)46(44,45)47(12(40,41)8(30,31)32,13(42,43)9(33,34)35)11(38,39)5(22,23)7(27,28)29/q+1. The largest absolute Gasteiger partial charge is 0.612 e. The summed E-state index contributed by atoms with van der Waals surface area (Å²) in [7, 11) is -14.0. The normalized spacial score (nSPS) is 17.4. The number of rotatable bonds is 10. The van der Waals surface area contributed by atoms with Crippen LogP contribution in [0.5, 0.6) is 0 Å². The van der Waals surface area contributed by atoms with Gasteiger partial charge in [-0.05, 0) is 0 Å². The van der Waals surface area contributed by atoms with Crippen molar-refractivity contribution in [3.8, 4) is 0 Å². The highest BCUT2D eigenvalue weighted by molar-refractivity contribution is 6.80. The number of quaternary nitrogens is 1. The molecule has 0 fully saturated rings. The first-order valence-electron chi connectivity index (χ1n) is 9.45. The van der Waals surface area contributed by atoms with Crippen molar-refractivity contribution in [2.45, 2.75) is 77.0 Å². The van der Waals surface area contributed by atoms with E-state index in [9.17, 15) is 141 Å². The monoisotopic (exact) mass is 806 g/mol. The lowest BCUT2D eigenvalue weighted by Crippen LogP contribution is -2.97. The molecule has 0 radical (unpaired) electrons. The van der Waals surface area contributed by atoms with Crippen LogP contribution in [-0.4, -0.2) is 89.8 Å². The summed E-state index contributed by atoms with van der Waals surface area (Å²) in [6.07, 6.45) is -36.8. The Hall–Kier alpha value is -2.06. The van der Waals surface area contributed by atoms with Gasteiger partial charge >= 0.3 is 85.2 Å². The number of hydrogen-bond acceptors (Lipinski definition) is 0. The van der Waals surface area contributed by atoms with Gasteiger partial charge in [-0.15, -0.1) is 8.78 Å². The van der Waals surface area contributed by atoms with Crippen LogP contribution in [0.2, 0.25) is 0 Å². The zero-order chi connectivity index (χ0) is 39.5. The molecule has 34 heteroatoms. The highest BCUT2D eigenvalue weighted by atomic mass is 28.3. The minimum atomic E-state index is -14.0. The second kappa shape index (κ2) is 10.5. The lowest BCUT2D eigenvalue weighted by Gasteiger charge is -2.49. The molecule has 0 aliphatic rings. The van der Waals surface area contributed by atoms with Crippen LogP contribution >= 0.6 is 0 Å². The molecular formula is C13F32NSi+. The Morgan fingerprint density at radius 2 is 0.489 bits per heavy atom. The van der Waals surface area contributed by atoms with Crippen molar-refractivity contribution in [2.24, 2.45) is 0 Å². The fraction of sp³-hybridized carbons (Fsp3) is 1.00. The van der Waals surface area contributed by atoms with Crippen molar-refractivity contribution in [1.29, 1.82) is 0 Å². The highest BCUT2D eigenvalue weighted by Gasteiger charge is 3.16. The van der Waals surface area contributed by atoms with E-state index in [0.29, 0.717) is 0 Å². The summed E-state index contributed by atoms with van der Waals surface area (Å²) in [6.45, 7) is 0. The van der Waals surface area contributed by atoms with Gasteiger partial charge in [0, 0.05) is 8.96 Å². The third-order valence-corrected chi connectivity index (χ3v) is 10.2. The minimum absolute atomic E-state index is 8.55. The number of nitrogens with zero attached hydrogens (tertiary/aromatic N) is 1. The first-order chi connectivity index (χ1) is 19.5. The maximum Gasteiger partial charge on any atom is 0.612 e. The molecule has 284 valence electrons. The molecule has 0 saturated heterocycles. The average Bonchev–Trinajstić information content (AvgIpc) is 2.74. The Labute approximate surface area is 232 Å². The van der Waals surface area contributed by atoms with Crippen LogP contribution in [0.1, 0.15) is 0 Å². The second-order valence-electron chi connectivity index (χ2n) is 8.35. The van der Waals surface area contributed by atoms with Crippen LogP contribution in [0, 0.1) is 0 Å². The molecule has 1 nitrogen and oxygen atoms in total. The quantitative estimate of drug-likeness (QED) is 0.0893. The van der Waals surface area contributed by atoms with Crippen LogP contribution in [0.15, 0.2) is 0 Å². The second-order valence-corrected chi connectivity index (χ2v) is 12.2. The smallest absolute Gasteiger partial charge is 0.196 e. The summed E-state index contributed by atoms with van der Waals surface area (Å²) < 4.78 is 417. The molecule has 0 atom stereocenters. The topological polar surface area (TPSA) is 0 Å². The molecule has 0 heterocycles. The van der Waals surface area contributed by atoms with Crippen molar-refractivity contribution >= 4 is 8.24 Å². The minimum Gasteiger partial charge on any atom is -0.196 e. The molecule has 0 N–H and O–H groups in total. The third-order valence-electron chi connectivity index (χ3n) is 5.52. The summed E-state index contributed by atoms with van der Waals surface area (Å²) in [6, 6.07) is -10.8. The van der Waals surface area contributed by atoms with Gasteiger partial charge < -0.3 is 0 Å². The van der Waals surface area contributed by atoms with Crippen molar-refractivity contribution < 1.29 is 145 Å². The molecule has 0 aliphatic carbocycles. The zero-order valence-corrected chi connectivity index (χ0v) is 20.5. The van der Waals surface area contributed by atoms with Gasteiger partial charge in [0.1, 0.15) is 0 Å². The molecular weight excluding hydrogens is 806 g/mol. The van der Waals surface area contributed by atoms with Crippen molar-refractivity contribution in [3.63, 3.8) is 0 Å². The lowest BCUT2D eigenvalue weighted by atomic mass is 9.97. The van der Waals surface area contributed by atoms with E-state index in [-0.39, 0.29) is 0 Å². The van der Waals surface area contributed by atoms with E-state index in [2.05, 4.69) is 0 Å². The van der Waals surface area contributed by atoms with E-state index < -0.39 is 89.8 Å². The number of hydrogen-bond donors (Lipinski definition) is 0. The SMILES string of the molecule is FC(F)(F)C(F)(F)C(F)(F)C(F)(F)C(F)(F)C(F)(F)[N+](F)(F)[Si](C(F)(F)C(F)(F)F)(C(F)(F)C(F)(F)F)C(F)(F)C(F)(F)C(F)(F)F. The summed E-state index contributed by atoms with van der Waals surface area (Å²) in [5.41, 5.74) is -31.7. The molecule has 0 aromatic rings.